The Labute approximate surface area is 295 Å². The number of aliphatic hydroxyl groups excluding tert-OH is 2. The van der Waals surface area contributed by atoms with Crippen molar-refractivity contribution in [3.8, 4) is 0 Å². The molecule has 4 atom stereocenters. The van der Waals surface area contributed by atoms with Crippen LogP contribution in [0.5, 0.6) is 0 Å². The van der Waals surface area contributed by atoms with Crippen molar-refractivity contribution in [2.45, 2.75) is 124 Å². The SMILES string of the molecule is CC(C)CC(NC(=O)OC(C)(C)C)C(O)C(=O)NCC(=O)O.CCOC(=O)CNC(=O)C(O)C(CC(C)C)NC(=O)OC(C)(C)C.[Li+].[OH-]. The number of hydrogen-bond donors (Lipinski definition) is 7. The zero-order valence-corrected chi connectivity index (χ0v) is 30.5. The van der Waals surface area contributed by atoms with Crippen LogP contribution >= 0.6 is 0 Å². The maximum absolute atomic E-state index is 12.0. The van der Waals surface area contributed by atoms with Gasteiger partial charge in [0.05, 0.1) is 18.7 Å². The molecule has 0 aromatic rings. The van der Waals surface area contributed by atoms with E-state index in [1.165, 1.54) is 0 Å². The quantitative estimate of drug-likeness (QED) is 0.0574. The number of aliphatic carboxylic acids is 1. The second-order valence-corrected chi connectivity index (χ2v) is 13.3. The molecule has 0 saturated heterocycles. The fourth-order valence-corrected chi connectivity index (χ4v) is 3.58. The number of carbonyl (C=O) groups excluding carboxylic acids is 5. The molecule has 0 aliphatic rings. The molecule has 18 heteroatoms. The van der Waals surface area contributed by atoms with Gasteiger partial charge in [-0.1, -0.05) is 27.7 Å². The van der Waals surface area contributed by atoms with Gasteiger partial charge < -0.3 is 56.3 Å². The van der Waals surface area contributed by atoms with Crippen LogP contribution in [0.25, 0.3) is 0 Å². The van der Waals surface area contributed by atoms with Gasteiger partial charge in [0, 0.05) is 0 Å². The van der Waals surface area contributed by atoms with Gasteiger partial charge in [0.2, 0.25) is 0 Å². The first-order valence-corrected chi connectivity index (χ1v) is 15.2. The molecule has 0 spiro atoms. The molecule has 4 unspecified atom stereocenters. The third-order valence-corrected chi connectivity index (χ3v) is 5.28. The maximum Gasteiger partial charge on any atom is 1.00 e. The number of carbonyl (C=O) groups is 6. The fourth-order valence-electron chi connectivity index (χ4n) is 3.58. The molecule has 0 saturated carbocycles. The fraction of sp³-hybridized carbons (Fsp3) is 0.800. The molecule has 0 aromatic heterocycles. The average Bonchev–Trinajstić information content (AvgIpc) is 2.86. The molecule has 17 nitrogen and oxygen atoms in total. The summed E-state index contributed by atoms with van der Waals surface area (Å²) in [5, 5.41) is 38.0. The molecule has 8 N–H and O–H groups in total. The van der Waals surface area contributed by atoms with Gasteiger partial charge in [-0.2, -0.15) is 0 Å². The standard InChI is InChI=1S/C16H30N2O6.C14H26N2O6.Li.H2O/c1-7-23-12(19)9-17-14(21)13(20)11(8-10(2)3)18-15(22)24-16(4,5)6;1-8(2)6-9(16-13(21)22-14(3,4)5)11(19)12(20)15-7-10(17)18;;/h10-11,13,20H,7-9H2,1-6H3,(H,17,21)(H,18,22);8-9,11,19H,6-7H2,1-5H3,(H,15,20)(H,16,21)(H,17,18);;1H2/q;;+1;/p-1. The van der Waals surface area contributed by atoms with E-state index in [1.807, 2.05) is 27.7 Å². The molecule has 48 heavy (non-hydrogen) atoms. The van der Waals surface area contributed by atoms with Gasteiger partial charge in [-0.25, -0.2) is 9.59 Å². The summed E-state index contributed by atoms with van der Waals surface area (Å²) < 4.78 is 14.9. The number of aliphatic hydroxyl groups is 2. The Morgan fingerprint density at radius 1 is 0.667 bits per heavy atom. The van der Waals surface area contributed by atoms with Crippen molar-refractivity contribution >= 4 is 35.9 Å². The minimum Gasteiger partial charge on any atom is -0.870 e. The van der Waals surface area contributed by atoms with Crippen LogP contribution in [0, 0.1) is 11.8 Å². The summed E-state index contributed by atoms with van der Waals surface area (Å²) in [4.78, 5) is 69.0. The monoisotopic (exact) mass is 688 g/mol. The van der Waals surface area contributed by atoms with Gasteiger partial charge in [-0.3, -0.25) is 19.2 Å². The van der Waals surface area contributed by atoms with E-state index in [0.29, 0.717) is 12.8 Å². The summed E-state index contributed by atoms with van der Waals surface area (Å²) in [6.45, 7) is 18.7. The van der Waals surface area contributed by atoms with E-state index in [0.717, 1.165) is 0 Å². The Morgan fingerprint density at radius 3 is 1.27 bits per heavy atom. The molecule has 276 valence electrons. The predicted molar refractivity (Wildman–Crippen MR) is 169 cm³/mol. The summed E-state index contributed by atoms with van der Waals surface area (Å²) in [7, 11) is 0. The molecule has 0 bridgehead atoms. The zero-order valence-electron chi connectivity index (χ0n) is 30.5. The van der Waals surface area contributed by atoms with E-state index < -0.39 is 78.0 Å². The number of alkyl carbamates (subject to hydrolysis) is 2. The van der Waals surface area contributed by atoms with Crippen molar-refractivity contribution in [3.05, 3.63) is 0 Å². The van der Waals surface area contributed by atoms with Gasteiger partial charge in [0.1, 0.15) is 24.3 Å². The van der Waals surface area contributed by atoms with Gasteiger partial charge in [0.25, 0.3) is 11.8 Å². The topological polar surface area (TPSA) is 269 Å². The van der Waals surface area contributed by atoms with Gasteiger partial charge in [0.15, 0.2) is 12.2 Å². The van der Waals surface area contributed by atoms with Crippen molar-refractivity contribution in [2.75, 3.05) is 19.7 Å². The molecular weight excluding hydrogens is 631 g/mol. The molecule has 0 heterocycles. The number of carboxylic acids is 1. The maximum atomic E-state index is 12.0. The van der Waals surface area contributed by atoms with Crippen LogP contribution in [-0.2, 0) is 33.4 Å². The van der Waals surface area contributed by atoms with Gasteiger partial charge in [-0.05, 0) is 73.1 Å². The summed E-state index contributed by atoms with van der Waals surface area (Å²) >= 11 is 0. The van der Waals surface area contributed by atoms with Crippen LogP contribution in [-0.4, -0.2) is 112 Å². The van der Waals surface area contributed by atoms with Crippen LogP contribution in [0.4, 0.5) is 9.59 Å². The summed E-state index contributed by atoms with van der Waals surface area (Å²) in [6, 6.07) is -1.70. The summed E-state index contributed by atoms with van der Waals surface area (Å²) in [6.07, 6.45) is -3.83. The number of amides is 4. The smallest absolute Gasteiger partial charge is 0.870 e. The first kappa shape index (κ1) is 51.7. The van der Waals surface area contributed by atoms with E-state index in [1.54, 1.807) is 48.5 Å². The molecule has 0 aliphatic heterocycles. The number of nitrogens with one attached hydrogen (secondary N) is 4. The van der Waals surface area contributed by atoms with E-state index in [4.69, 9.17) is 19.3 Å². The Kier molecular flexibility index (Phi) is 26.9. The van der Waals surface area contributed by atoms with E-state index in [2.05, 4.69) is 21.3 Å². The first-order chi connectivity index (χ1) is 20.9. The van der Waals surface area contributed by atoms with Crippen molar-refractivity contribution in [1.82, 2.24) is 21.3 Å². The zero-order chi connectivity index (χ0) is 36.4. The Morgan fingerprint density at radius 2 is 1.00 bits per heavy atom. The first-order valence-electron chi connectivity index (χ1n) is 15.2. The number of hydrogen-bond acceptors (Lipinski definition) is 12. The van der Waals surface area contributed by atoms with Crippen molar-refractivity contribution in [2.24, 2.45) is 11.8 Å². The number of esters is 1. The molecule has 0 aromatic carbocycles. The Hall–Kier alpha value is -3.10. The average molecular weight is 689 g/mol. The minimum atomic E-state index is -1.56. The number of ether oxygens (including phenoxy) is 3. The molecule has 0 aliphatic carbocycles. The van der Waals surface area contributed by atoms with E-state index in [9.17, 15) is 39.0 Å². The van der Waals surface area contributed by atoms with Gasteiger partial charge in [-0.15, -0.1) is 0 Å². The summed E-state index contributed by atoms with van der Waals surface area (Å²) in [5.41, 5.74) is -1.40. The van der Waals surface area contributed by atoms with Crippen LogP contribution in [0.1, 0.15) is 89.0 Å². The number of carboxylic acid groups (broad SMARTS) is 1. The van der Waals surface area contributed by atoms with Crippen LogP contribution < -0.4 is 40.1 Å². The molecule has 0 fully saturated rings. The molecule has 0 rings (SSSR count). The predicted octanol–water partition coefficient (Wildman–Crippen LogP) is -1.72. The van der Waals surface area contributed by atoms with Crippen LogP contribution in [0.15, 0.2) is 0 Å². The molecule has 0 radical (unpaired) electrons. The molecular formula is C30H57LiN4O13. The number of rotatable bonds is 15. The Balaban J connectivity index is -0.000000389. The van der Waals surface area contributed by atoms with Crippen molar-refractivity contribution in [1.29, 1.82) is 0 Å². The van der Waals surface area contributed by atoms with E-state index in [-0.39, 0.29) is 49.3 Å². The Bertz CT molecular complexity index is 998. The van der Waals surface area contributed by atoms with E-state index >= 15 is 0 Å². The third-order valence-electron chi connectivity index (χ3n) is 5.28. The summed E-state index contributed by atoms with van der Waals surface area (Å²) in [5.74, 6) is -3.22. The van der Waals surface area contributed by atoms with Crippen LogP contribution in [0.3, 0.4) is 0 Å². The second-order valence-electron chi connectivity index (χ2n) is 13.3. The normalized spacial score (nSPS) is 13.4. The second kappa shape index (κ2) is 25.0. The third kappa shape index (κ3) is 28.0. The van der Waals surface area contributed by atoms with Gasteiger partial charge >= 0.3 is 43.0 Å². The minimum absolute atomic E-state index is 0. The van der Waals surface area contributed by atoms with Crippen molar-refractivity contribution in [3.63, 3.8) is 0 Å². The molecule has 4 amide bonds. The largest absolute Gasteiger partial charge is 1.00 e. The van der Waals surface area contributed by atoms with Crippen LogP contribution in [0.2, 0.25) is 0 Å². The van der Waals surface area contributed by atoms with Crippen molar-refractivity contribution < 1.29 is 82.6 Å².